The number of sulfonamides is 1. The molecule has 0 atom stereocenters. The molecule has 0 bridgehead atoms. The summed E-state index contributed by atoms with van der Waals surface area (Å²) in [7, 11) is -3.84. The first-order valence-corrected chi connectivity index (χ1v) is 7.87. The molecule has 0 aromatic heterocycles. The number of carboxylic acids is 1. The predicted molar refractivity (Wildman–Crippen MR) is 74.2 cm³/mol. The highest BCUT2D eigenvalue weighted by atomic mass is 79.9. The molecule has 1 aromatic carbocycles. The average molecular weight is 368 g/mol. The number of rotatable bonds is 8. The van der Waals surface area contributed by atoms with Crippen molar-refractivity contribution in [3.63, 3.8) is 0 Å². The minimum atomic E-state index is -3.84. The zero-order valence-corrected chi connectivity index (χ0v) is 12.8. The van der Waals surface area contributed by atoms with Gasteiger partial charge in [0.05, 0.1) is 30.3 Å². The minimum Gasteiger partial charge on any atom is -0.478 e. The molecule has 7 nitrogen and oxygen atoms in total. The summed E-state index contributed by atoms with van der Waals surface area (Å²) in [6.07, 6.45) is 0. The maximum atomic E-state index is 12.0. The van der Waals surface area contributed by atoms with E-state index in [0.717, 1.165) is 6.07 Å². The molecular formula is C11H14BrNO6S. The van der Waals surface area contributed by atoms with Gasteiger partial charge < -0.3 is 14.9 Å². The highest BCUT2D eigenvalue weighted by Crippen LogP contribution is 2.23. The fourth-order valence-electron chi connectivity index (χ4n) is 1.33. The molecule has 0 radical (unpaired) electrons. The number of aliphatic hydroxyl groups excluding tert-OH is 1. The molecule has 3 N–H and O–H groups in total. The number of ether oxygens (including phenoxy) is 1. The summed E-state index contributed by atoms with van der Waals surface area (Å²) in [6, 6.07) is 3.74. The number of hydrogen-bond donors (Lipinski definition) is 3. The van der Waals surface area contributed by atoms with Crippen LogP contribution in [0.1, 0.15) is 10.4 Å². The smallest absolute Gasteiger partial charge is 0.335 e. The Bertz CT molecular complexity index is 574. The number of benzene rings is 1. The first-order chi connectivity index (χ1) is 9.38. The predicted octanol–water partition coefficient (Wildman–Crippen LogP) is 0.434. The first-order valence-electron chi connectivity index (χ1n) is 5.59. The number of aromatic carboxylic acids is 1. The van der Waals surface area contributed by atoms with E-state index in [1.165, 1.54) is 12.1 Å². The molecule has 1 rings (SSSR count). The van der Waals surface area contributed by atoms with Crippen LogP contribution in [0.2, 0.25) is 0 Å². The van der Waals surface area contributed by atoms with Gasteiger partial charge >= 0.3 is 5.97 Å². The van der Waals surface area contributed by atoms with Crippen molar-refractivity contribution in [3.8, 4) is 0 Å². The summed E-state index contributed by atoms with van der Waals surface area (Å²) in [5.41, 5.74) is -0.120. The van der Waals surface area contributed by atoms with Gasteiger partial charge in [0.25, 0.3) is 0 Å². The van der Waals surface area contributed by atoms with Gasteiger partial charge in [0.2, 0.25) is 10.0 Å². The average Bonchev–Trinajstić information content (AvgIpc) is 2.38. The zero-order valence-electron chi connectivity index (χ0n) is 10.4. The van der Waals surface area contributed by atoms with Gasteiger partial charge in [0.1, 0.15) is 0 Å². The molecular weight excluding hydrogens is 354 g/mol. The fourth-order valence-corrected chi connectivity index (χ4v) is 3.34. The van der Waals surface area contributed by atoms with E-state index < -0.39 is 16.0 Å². The van der Waals surface area contributed by atoms with Crippen molar-refractivity contribution >= 4 is 31.9 Å². The summed E-state index contributed by atoms with van der Waals surface area (Å²) >= 11 is 3.07. The third-order valence-corrected chi connectivity index (χ3v) is 4.70. The van der Waals surface area contributed by atoms with Gasteiger partial charge in [0, 0.05) is 11.0 Å². The lowest BCUT2D eigenvalue weighted by molar-refractivity contribution is 0.0696. The molecule has 0 aliphatic rings. The van der Waals surface area contributed by atoms with Crippen LogP contribution >= 0.6 is 15.9 Å². The van der Waals surface area contributed by atoms with Crippen LogP contribution in [0.15, 0.2) is 27.6 Å². The van der Waals surface area contributed by atoms with Gasteiger partial charge in [-0.25, -0.2) is 17.9 Å². The minimum absolute atomic E-state index is 0.0199. The number of aliphatic hydroxyl groups is 1. The Morgan fingerprint density at radius 2 is 2.05 bits per heavy atom. The number of carbonyl (C=O) groups is 1. The van der Waals surface area contributed by atoms with Gasteiger partial charge in [-0.1, -0.05) is 0 Å². The van der Waals surface area contributed by atoms with Crippen molar-refractivity contribution < 1.29 is 28.2 Å². The molecule has 0 unspecified atom stereocenters. The first kappa shape index (κ1) is 17.1. The quantitative estimate of drug-likeness (QED) is 0.574. The third kappa shape index (κ3) is 4.84. The van der Waals surface area contributed by atoms with Crippen molar-refractivity contribution in [1.29, 1.82) is 0 Å². The summed E-state index contributed by atoms with van der Waals surface area (Å²) in [5, 5.41) is 17.4. The molecule has 0 aliphatic carbocycles. The fraction of sp³-hybridized carbons (Fsp3) is 0.364. The Kier molecular flexibility index (Phi) is 6.56. The van der Waals surface area contributed by atoms with Crippen LogP contribution < -0.4 is 4.72 Å². The molecule has 0 spiro atoms. The largest absolute Gasteiger partial charge is 0.478 e. The van der Waals surface area contributed by atoms with E-state index in [0.29, 0.717) is 0 Å². The van der Waals surface area contributed by atoms with E-state index in [9.17, 15) is 13.2 Å². The second kappa shape index (κ2) is 7.70. The lowest BCUT2D eigenvalue weighted by Crippen LogP contribution is -2.28. The lowest BCUT2D eigenvalue weighted by Gasteiger charge is -2.09. The summed E-state index contributed by atoms with van der Waals surface area (Å²) in [5.74, 6) is -1.21. The third-order valence-electron chi connectivity index (χ3n) is 2.24. The molecule has 0 heterocycles. The summed E-state index contributed by atoms with van der Waals surface area (Å²) in [4.78, 5) is 10.7. The van der Waals surface area contributed by atoms with Crippen LogP contribution in [0, 0.1) is 0 Å². The zero-order chi connectivity index (χ0) is 15.2. The maximum absolute atomic E-state index is 12.0. The topological polar surface area (TPSA) is 113 Å². The number of halogens is 1. The lowest BCUT2D eigenvalue weighted by atomic mass is 10.2. The van der Waals surface area contributed by atoms with Crippen LogP contribution in [0.4, 0.5) is 0 Å². The highest BCUT2D eigenvalue weighted by molar-refractivity contribution is 9.10. The molecule has 112 valence electrons. The van der Waals surface area contributed by atoms with Crippen molar-refractivity contribution in [2.75, 3.05) is 26.4 Å². The molecule has 0 saturated carbocycles. The number of carboxylic acid groups (broad SMARTS) is 1. The maximum Gasteiger partial charge on any atom is 0.335 e. The van der Waals surface area contributed by atoms with Gasteiger partial charge in [-0.05, 0) is 34.1 Å². The van der Waals surface area contributed by atoms with Crippen LogP contribution in [-0.2, 0) is 14.8 Å². The molecule has 0 amide bonds. The Labute approximate surface area is 124 Å². The van der Waals surface area contributed by atoms with E-state index in [1.807, 2.05) is 0 Å². The van der Waals surface area contributed by atoms with E-state index in [4.69, 9.17) is 14.9 Å². The van der Waals surface area contributed by atoms with Gasteiger partial charge in [-0.15, -0.1) is 0 Å². The van der Waals surface area contributed by atoms with Gasteiger partial charge in [-0.2, -0.15) is 0 Å². The van der Waals surface area contributed by atoms with Crippen LogP contribution in [0.5, 0.6) is 0 Å². The normalized spacial score (nSPS) is 11.5. The Balaban J connectivity index is 2.81. The molecule has 1 aromatic rings. The van der Waals surface area contributed by atoms with Gasteiger partial charge in [-0.3, -0.25) is 0 Å². The van der Waals surface area contributed by atoms with Crippen molar-refractivity contribution in [2.24, 2.45) is 0 Å². The molecule has 0 fully saturated rings. The highest BCUT2D eigenvalue weighted by Gasteiger charge is 2.19. The van der Waals surface area contributed by atoms with Crippen LogP contribution in [0.3, 0.4) is 0 Å². The van der Waals surface area contributed by atoms with E-state index in [1.54, 1.807) is 0 Å². The second-order valence-corrected chi connectivity index (χ2v) is 6.27. The van der Waals surface area contributed by atoms with Crippen molar-refractivity contribution in [1.82, 2.24) is 4.72 Å². The standard InChI is InChI=1S/C11H14BrNO6S/c12-9-2-1-8(11(15)16)7-10(9)20(17,18)13-3-5-19-6-4-14/h1-2,7,13-14H,3-6H2,(H,15,16). The monoisotopic (exact) mass is 367 g/mol. The van der Waals surface area contributed by atoms with Gasteiger partial charge in [0.15, 0.2) is 0 Å². The van der Waals surface area contributed by atoms with Crippen LogP contribution in [-0.4, -0.2) is 51.0 Å². The van der Waals surface area contributed by atoms with Crippen molar-refractivity contribution in [2.45, 2.75) is 4.90 Å². The Morgan fingerprint density at radius 1 is 1.35 bits per heavy atom. The molecule has 0 saturated heterocycles. The number of nitrogens with one attached hydrogen (secondary N) is 1. The molecule has 9 heteroatoms. The van der Waals surface area contributed by atoms with E-state index in [2.05, 4.69) is 20.7 Å². The summed E-state index contributed by atoms with van der Waals surface area (Å²) < 4.78 is 31.5. The molecule has 0 aliphatic heterocycles. The second-order valence-electron chi connectivity index (χ2n) is 3.68. The van der Waals surface area contributed by atoms with Crippen molar-refractivity contribution in [3.05, 3.63) is 28.2 Å². The molecule has 20 heavy (non-hydrogen) atoms. The number of hydrogen-bond acceptors (Lipinski definition) is 5. The van der Waals surface area contributed by atoms with Crippen LogP contribution in [0.25, 0.3) is 0 Å². The van der Waals surface area contributed by atoms with E-state index in [-0.39, 0.29) is 41.3 Å². The van der Waals surface area contributed by atoms with E-state index >= 15 is 0 Å². The Morgan fingerprint density at radius 3 is 2.65 bits per heavy atom. The SMILES string of the molecule is O=C(O)c1ccc(Br)c(S(=O)(=O)NCCOCCO)c1. The summed E-state index contributed by atoms with van der Waals surface area (Å²) in [6.45, 7) is 0.112. The Hall–Kier alpha value is -1.00.